The molecule has 8 heterocycles. The van der Waals surface area contributed by atoms with Crippen LogP contribution in [0.3, 0.4) is 0 Å². The summed E-state index contributed by atoms with van der Waals surface area (Å²) in [6.07, 6.45) is -1.08. The normalized spacial score (nSPS) is 29.5. The highest BCUT2D eigenvalue weighted by molar-refractivity contribution is 7.75. The number of aromatic nitrogens is 4. The Bertz CT molecular complexity index is 6130. The molecule has 5 aliphatic rings. The van der Waals surface area contributed by atoms with E-state index in [2.05, 4.69) is 19.9 Å². The minimum absolute atomic E-state index is 0.0138. The van der Waals surface area contributed by atoms with Crippen molar-refractivity contribution in [2.45, 2.75) is 190 Å². The lowest BCUT2D eigenvalue weighted by atomic mass is 9.98. The van der Waals surface area contributed by atoms with Crippen LogP contribution in [0.2, 0.25) is 0 Å². The summed E-state index contributed by atoms with van der Waals surface area (Å²) in [6.45, 7) is 14.2. The van der Waals surface area contributed by atoms with Crippen molar-refractivity contribution in [3.05, 3.63) is 262 Å². The third-order valence-corrected chi connectivity index (χ3v) is 39.0. The number of ether oxygens (including phenoxy) is 9. The Labute approximate surface area is 788 Å². The molecule has 1 saturated carbocycles. The van der Waals surface area contributed by atoms with Crippen molar-refractivity contribution in [2.75, 3.05) is 6.79 Å². The Morgan fingerprint density at radius 2 is 0.696 bits per heavy atom. The topological polar surface area (TPSA) is 656 Å². The number of hydrogen-bond acceptors (Lipinski definition) is 37. The van der Waals surface area contributed by atoms with Crippen molar-refractivity contribution < 1.29 is 194 Å². The quantitative estimate of drug-likeness (QED) is 0.00930. The van der Waals surface area contributed by atoms with E-state index < -0.39 is 182 Å². The zero-order valence-corrected chi connectivity index (χ0v) is 82.0. The molecule has 1 aliphatic carbocycles. The molecule has 8 unspecified atom stereocenters. The molecule has 138 heavy (non-hydrogen) atoms. The van der Waals surface area contributed by atoms with Crippen LogP contribution in [-0.4, -0.2) is 156 Å². The van der Waals surface area contributed by atoms with Gasteiger partial charge in [0.05, 0.1) is 40.6 Å². The van der Waals surface area contributed by atoms with Crippen molar-refractivity contribution in [1.82, 2.24) is 19.9 Å². The van der Waals surface area contributed by atoms with Crippen molar-refractivity contribution >= 4 is 85.4 Å². The number of aryl methyl sites for hydroxylation is 3. The zero-order valence-electron chi connectivity index (χ0n) is 74.8. The van der Waals surface area contributed by atoms with E-state index in [1.807, 2.05) is 0 Å². The summed E-state index contributed by atoms with van der Waals surface area (Å²) in [6, 6.07) is 38.1. The predicted molar refractivity (Wildman–Crippen MR) is 482 cm³/mol. The van der Waals surface area contributed by atoms with Gasteiger partial charge in [0.25, 0.3) is 20.3 Å². The molecule has 0 spiro atoms. The van der Waals surface area contributed by atoms with E-state index >= 15 is 0 Å². The molecule has 4 aromatic heterocycles. The smallest absolute Gasteiger partial charge is 0.457 e. The Kier molecular flexibility index (Phi) is 35.4. The average Bonchev–Trinajstić information content (AvgIpc) is 0.729. The summed E-state index contributed by atoms with van der Waals surface area (Å²) < 4.78 is 192. The molecule has 14 rings (SSSR count). The highest BCUT2D eigenvalue weighted by Gasteiger charge is 2.71. The number of carbonyl (C=O) groups is 4. The fraction of sp³-hybridized carbons (Fsp3) is 0.365. The van der Waals surface area contributed by atoms with Gasteiger partial charge in [0.2, 0.25) is 32.0 Å². The van der Waals surface area contributed by atoms with E-state index in [1.165, 1.54) is 147 Å². The van der Waals surface area contributed by atoms with Crippen LogP contribution in [-0.2, 0) is 122 Å². The highest BCUT2D eigenvalue weighted by atomic mass is 31.3. The van der Waals surface area contributed by atoms with Gasteiger partial charge in [0, 0.05) is 80.8 Å². The van der Waals surface area contributed by atoms with Gasteiger partial charge in [-0.2, -0.15) is 0 Å². The molecule has 45 nitrogen and oxygen atoms in total. The van der Waals surface area contributed by atoms with E-state index in [-0.39, 0.29) is 73.6 Å². The Balaban J connectivity index is 0.000000177. The lowest BCUT2D eigenvalue weighted by molar-refractivity contribution is -0.0611. The predicted octanol–water partition coefficient (Wildman–Crippen LogP) is 16.7. The van der Waals surface area contributed by atoms with E-state index in [0.717, 1.165) is 32.1 Å². The van der Waals surface area contributed by atoms with E-state index in [0.29, 0.717) is 27.8 Å². The van der Waals surface area contributed by atoms with Crippen molar-refractivity contribution in [2.24, 2.45) is 0 Å². The van der Waals surface area contributed by atoms with Gasteiger partial charge >= 0.3 is 85.4 Å². The van der Waals surface area contributed by atoms with Gasteiger partial charge in [0.15, 0.2) is 5.75 Å². The number of aliphatic hydroxyl groups is 4. The second kappa shape index (κ2) is 44.8. The standard InChI is InChI=1S/C24H25NO10P2.C22H27NO10P2.C20H25NO11P2.C19H23NO10P2/c1-16(2)32-23(26)33-21-19(18-9-4-3-5-10-18)11-6-12-20(21)22-34-36(28,29)24(27,37(30,31)35-22)14-17-8-7-13-25-15-17;1-15-9-10-19(31-21(24)30-17-7-3-2-4-8-17)18(12-15)20-32-34(26,27)22(25,35(28,29)33-20)13-16-6-5-11-23-14-16;1-13(2)30-19(22)29-12-28-17-9-14(3)6-7-16(17)18-31-33(24,25)20(23,34(26,27)32-18)10-15-5-4-8-21-11-15;1-12(2)27-18(21)28-16-7-6-13(3)9-15(16)17-29-31(23,24)19(22,32(25,26)30-17)10-14-5-4-8-20-11-14/h3-13,15-16,22,27H,14H2,1-2H3,(H,28,29)(H,30,31);5-6,9-12,14,17,20,25H,2-4,7-8,13H2,1H3,(H,26,27)(H,28,29);4-9,11,13,18,23H,10,12H2,1-3H3,(H,24,25)(H,26,27);4-9,11-12,17,22H,10H2,1-3H3,(H,23,24)(H,25,26). The first-order valence-corrected chi connectivity index (χ1v) is 54.4. The number of benzene rings is 5. The molecular weight excluding hydrogens is 1980 g/mol. The van der Waals surface area contributed by atoms with Crippen LogP contribution in [0.4, 0.5) is 19.2 Å². The van der Waals surface area contributed by atoms with Crippen LogP contribution >= 0.6 is 60.8 Å². The third kappa shape index (κ3) is 25.9. The lowest BCUT2D eigenvalue weighted by Gasteiger charge is -2.41. The molecule has 4 aliphatic heterocycles. The van der Waals surface area contributed by atoms with Gasteiger partial charge in [-0.05, 0) is 182 Å². The fourth-order valence-electron chi connectivity index (χ4n) is 13.7. The Morgan fingerprint density at radius 1 is 0.362 bits per heavy atom. The second-order valence-corrected chi connectivity index (χ2v) is 49.7. The molecule has 4 saturated heterocycles. The van der Waals surface area contributed by atoms with Crippen LogP contribution < -0.4 is 18.9 Å². The molecule has 5 fully saturated rings. The molecule has 9 aromatic rings. The first kappa shape index (κ1) is 109. The second-order valence-electron chi connectivity index (χ2n) is 32.4. The minimum Gasteiger partial charge on any atom is -0.457 e. The summed E-state index contributed by atoms with van der Waals surface area (Å²) >= 11 is 0. The van der Waals surface area contributed by atoms with Crippen LogP contribution in [0.5, 0.6) is 23.0 Å². The van der Waals surface area contributed by atoms with Gasteiger partial charge in [0.1, 0.15) is 23.4 Å². The molecular formula is C85H100N4O41P8. The molecule has 53 heteroatoms. The summed E-state index contributed by atoms with van der Waals surface area (Å²) in [4.78, 5) is 148. The van der Waals surface area contributed by atoms with Crippen molar-refractivity contribution in [3.63, 3.8) is 0 Å². The maximum atomic E-state index is 13.2. The van der Waals surface area contributed by atoms with Gasteiger partial charge < -0.3 is 102 Å². The molecule has 8 atom stereocenters. The van der Waals surface area contributed by atoms with Gasteiger partial charge in [-0.1, -0.05) is 109 Å². The number of rotatable bonds is 23. The molecule has 0 radical (unpaired) electrons. The minimum atomic E-state index is -5.26. The van der Waals surface area contributed by atoms with E-state index in [4.69, 9.17) is 78.8 Å². The maximum absolute atomic E-state index is 13.2. The van der Waals surface area contributed by atoms with Gasteiger partial charge in [-0.3, -0.25) is 92.6 Å². The Morgan fingerprint density at radius 3 is 1.06 bits per heavy atom. The van der Waals surface area contributed by atoms with Crippen molar-refractivity contribution in [1.29, 1.82) is 0 Å². The summed E-state index contributed by atoms with van der Waals surface area (Å²) in [5, 5.41) is 30.9. The first-order chi connectivity index (χ1) is 64.6. The van der Waals surface area contributed by atoms with Gasteiger partial charge in [-0.25, -0.2) is 19.2 Å². The summed E-state index contributed by atoms with van der Waals surface area (Å²) in [7, 11) is -41.7. The Hall–Kier alpha value is -9.38. The number of nitrogens with zero attached hydrogens (tertiary/aromatic N) is 4. The molecule has 0 amide bonds. The number of carbonyl (C=O) groups excluding carboxylic acids is 4. The molecule has 0 bridgehead atoms. The summed E-state index contributed by atoms with van der Waals surface area (Å²) in [5.41, 5.74) is 3.31. The molecule has 5 aromatic carbocycles. The monoisotopic (exact) mass is 2080 g/mol. The van der Waals surface area contributed by atoms with E-state index in [9.17, 15) is 115 Å². The summed E-state index contributed by atoms with van der Waals surface area (Å²) in [5.74, 6) is -0.509. The third-order valence-electron chi connectivity index (χ3n) is 20.6. The number of hydrogen-bond donors (Lipinski definition) is 12. The molecule has 12 N–H and O–H groups in total. The van der Waals surface area contributed by atoms with Gasteiger partial charge in [-0.15, -0.1) is 0 Å². The lowest BCUT2D eigenvalue weighted by Crippen LogP contribution is -2.38. The maximum Gasteiger partial charge on any atom is 0.514 e. The fourth-order valence-corrected chi connectivity index (χ4v) is 28.0. The SMILES string of the molecule is CC(C)OC(=O)Oc1c(-c2ccccc2)cccc1C1OP(=O)(O)C(O)(Cc2cccnc2)P(=O)(O)O1.Cc1ccc(C2OP(=O)(O)C(O)(Cc3cccnc3)P(=O)(O)O2)c(OCOC(=O)OC(C)C)c1.Cc1ccc(OC(=O)OC(C)C)c(C2OP(=O)(O)C(O)(Cc3cccnc3)P(=O)(O)O2)c1.Cc1ccc(OC(=O)OC2CCCCC2)c(C2OP(=O)(O)C(O)(Cc3cccnc3)P(=O)(O)O2)c1. The van der Waals surface area contributed by atoms with Crippen LogP contribution in [0, 0.1) is 20.8 Å². The van der Waals surface area contributed by atoms with Crippen LogP contribution in [0.15, 0.2) is 201 Å². The molecule has 746 valence electrons. The van der Waals surface area contributed by atoms with Crippen LogP contribution in [0.1, 0.15) is 160 Å². The highest BCUT2D eigenvalue weighted by Crippen LogP contribution is 2.83. The van der Waals surface area contributed by atoms with E-state index in [1.54, 1.807) is 117 Å². The number of pyridine rings is 4. The van der Waals surface area contributed by atoms with Crippen LogP contribution in [0.25, 0.3) is 11.1 Å². The zero-order chi connectivity index (χ0) is 101. The van der Waals surface area contributed by atoms with Crippen molar-refractivity contribution in [3.8, 4) is 34.1 Å². The first-order valence-electron chi connectivity index (χ1n) is 41.8. The number of para-hydroxylation sites is 1. The largest absolute Gasteiger partial charge is 0.514 e. The average molecular weight is 2080 g/mol.